The van der Waals surface area contributed by atoms with Gasteiger partial charge in [-0.1, -0.05) is 32.9 Å². The second kappa shape index (κ2) is 8.04. The lowest BCUT2D eigenvalue weighted by Gasteiger charge is -2.39. The lowest BCUT2D eigenvalue weighted by Crippen LogP contribution is -2.45. The molecule has 0 aromatic heterocycles. The molecular formula is C17H28BrNO. The Morgan fingerprint density at radius 3 is 2.40 bits per heavy atom. The van der Waals surface area contributed by atoms with Crippen LogP contribution in [0.4, 0.5) is 0 Å². The van der Waals surface area contributed by atoms with E-state index in [1.54, 1.807) is 0 Å². The van der Waals surface area contributed by atoms with Gasteiger partial charge in [0.1, 0.15) is 5.75 Å². The molecule has 0 aliphatic heterocycles. The van der Waals surface area contributed by atoms with E-state index in [0.717, 1.165) is 12.8 Å². The maximum absolute atomic E-state index is 10.1. The topological polar surface area (TPSA) is 23.5 Å². The number of phenolic OH excluding ortho intramolecular Hbond substituents is 1. The third-order valence-electron chi connectivity index (χ3n) is 4.35. The van der Waals surface area contributed by atoms with Crippen molar-refractivity contribution in [2.45, 2.75) is 52.5 Å². The number of phenols is 1. The summed E-state index contributed by atoms with van der Waals surface area (Å²) in [5, 5.41) is 10.1. The molecule has 2 atom stereocenters. The molecule has 0 radical (unpaired) electrons. The highest BCUT2D eigenvalue weighted by Crippen LogP contribution is 2.33. The largest absolute Gasteiger partial charge is 0.508 e. The molecule has 2 rings (SSSR count). The van der Waals surface area contributed by atoms with Gasteiger partial charge in [0.2, 0.25) is 0 Å². The zero-order chi connectivity index (χ0) is 13.8. The first-order chi connectivity index (χ1) is 9.17. The average Bonchev–Trinajstić information content (AvgIpc) is 2.38. The number of benzene rings is 1. The zero-order valence-corrected chi connectivity index (χ0v) is 14.6. The summed E-state index contributed by atoms with van der Waals surface area (Å²) in [5.74, 6) is 1.16. The van der Waals surface area contributed by atoms with E-state index in [0.29, 0.717) is 17.7 Å². The fourth-order valence-corrected chi connectivity index (χ4v) is 3.45. The van der Waals surface area contributed by atoms with Crippen molar-refractivity contribution in [1.29, 1.82) is 0 Å². The van der Waals surface area contributed by atoms with Crippen LogP contribution in [0.3, 0.4) is 0 Å². The predicted molar refractivity (Wildman–Crippen MR) is 90.9 cm³/mol. The van der Waals surface area contributed by atoms with Gasteiger partial charge in [0.25, 0.3) is 0 Å². The second-order valence-corrected chi connectivity index (χ2v) is 5.90. The number of hydrogen-bond acceptors (Lipinski definition) is 2. The number of hydrogen-bond donors (Lipinski definition) is 1. The standard InChI is InChI=1S/C17H27NO.BrH/c1-4-9-18(10-5-2)16-12-15-14(11-13(16)3)7-6-8-17(15)19;/h6-8,13,16,19H,4-5,9-12H2,1-3H3;1H/t13-,16-;/m1./s1. The number of fused-ring (bicyclic) bond motifs is 1. The van der Waals surface area contributed by atoms with Gasteiger partial charge in [-0.25, -0.2) is 0 Å². The van der Waals surface area contributed by atoms with Gasteiger partial charge in [-0.2, -0.15) is 0 Å². The van der Waals surface area contributed by atoms with Gasteiger partial charge in [-0.3, -0.25) is 4.90 Å². The van der Waals surface area contributed by atoms with Crippen molar-refractivity contribution in [3.05, 3.63) is 29.3 Å². The van der Waals surface area contributed by atoms with Crippen LogP contribution < -0.4 is 0 Å². The highest BCUT2D eigenvalue weighted by atomic mass is 79.9. The summed E-state index contributed by atoms with van der Waals surface area (Å²) in [5.41, 5.74) is 2.53. The van der Waals surface area contributed by atoms with Crippen molar-refractivity contribution in [1.82, 2.24) is 4.90 Å². The van der Waals surface area contributed by atoms with Gasteiger partial charge in [-0.05, 0) is 61.9 Å². The second-order valence-electron chi connectivity index (χ2n) is 5.90. The van der Waals surface area contributed by atoms with Gasteiger partial charge in [0.15, 0.2) is 0 Å². The van der Waals surface area contributed by atoms with Gasteiger partial charge in [-0.15, -0.1) is 17.0 Å². The average molecular weight is 342 g/mol. The summed E-state index contributed by atoms with van der Waals surface area (Å²) in [4.78, 5) is 2.63. The summed E-state index contributed by atoms with van der Waals surface area (Å²) in [7, 11) is 0. The Labute approximate surface area is 134 Å². The molecular weight excluding hydrogens is 314 g/mol. The molecule has 0 fully saturated rings. The number of halogens is 1. The van der Waals surface area contributed by atoms with Crippen LogP contribution in [-0.2, 0) is 12.8 Å². The predicted octanol–water partition coefficient (Wildman–Crippen LogP) is 4.20. The normalized spacial score (nSPS) is 21.4. The maximum atomic E-state index is 10.1. The molecule has 1 aliphatic carbocycles. The lowest BCUT2D eigenvalue weighted by molar-refractivity contribution is 0.138. The van der Waals surface area contributed by atoms with Crippen LogP contribution >= 0.6 is 17.0 Å². The van der Waals surface area contributed by atoms with E-state index in [2.05, 4.69) is 31.7 Å². The van der Waals surface area contributed by atoms with E-state index < -0.39 is 0 Å². The highest BCUT2D eigenvalue weighted by Gasteiger charge is 2.30. The fourth-order valence-electron chi connectivity index (χ4n) is 3.45. The highest BCUT2D eigenvalue weighted by molar-refractivity contribution is 8.93. The Kier molecular flexibility index (Phi) is 7.04. The van der Waals surface area contributed by atoms with E-state index in [1.165, 1.54) is 37.1 Å². The quantitative estimate of drug-likeness (QED) is 0.867. The van der Waals surface area contributed by atoms with Crippen LogP contribution in [0.5, 0.6) is 5.75 Å². The van der Waals surface area contributed by atoms with Crippen molar-refractivity contribution in [2.75, 3.05) is 13.1 Å². The molecule has 1 aromatic carbocycles. The minimum atomic E-state index is 0. The molecule has 0 heterocycles. The number of aromatic hydroxyl groups is 1. The Bertz CT molecular complexity index is 415. The van der Waals surface area contributed by atoms with Crippen LogP contribution in [0, 0.1) is 5.92 Å². The molecule has 1 N–H and O–H groups in total. The van der Waals surface area contributed by atoms with E-state index in [9.17, 15) is 5.11 Å². The summed E-state index contributed by atoms with van der Waals surface area (Å²) < 4.78 is 0. The monoisotopic (exact) mass is 341 g/mol. The van der Waals surface area contributed by atoms with Crippen LogP contribution in [0.2, 0.25) is 0 Å². The minimum absolute atomic E-state index is 0. The smallest absolute Gasteiger partial charge is 0.119 e. The summed E-state index contributed by atoms with van der Waals surface area (Å²) in [6, 6.07) is 6.55. The van der Waals surface area contributed by atoms with Gasteiger partial charge < -0.3 is 5.11 Å². The van der Waals surface area contributed by atoms with Crippen LogP contribution in [-0.4, -0.2) is 29.1 Å². The Hall–Kier alpha value is -0.540. The fraction of sp³-hybridized carbons (Fsp3) is 0.647. The Morgan fingerprint density at radius 2 is 1.80 bits per heavy atom. The zero-order valence-electron chi connectivity index (χ0n) is 12.9. The van der Waals surface area contributed by atoms with Gasteiger partial charge in [0.05, 0.1) is 0 Å². The maximum Gasteiger partial charge on any atom is 0.119 e. The first-order valence-corrected chi connectivity index (χ1v) is 7.71. The molecule has 0 spiro atoms. The molecule has 0 bridgehead atoms. The van der Waals surface area contributed by atoms with Gasteiger partial charge in [0, 0.05) is 6.04 Å². The van der Waals surface area contributed by atoms with Crippen molar-refractivity contribution in [3.63, 3.8) is 0 Å². The molecule has 0 amide bonds. The molecule has 20 heavy (non-hydrogen) atoms. The van der Waals surface area contributed by atoms with Crippen molar-refractivity contribution in [2.24, 2.45) is 5.92 Å². The molecule has 2 nitrogen and oxygen atoms in total. The van der Waals surface area contributed by atoms with Gasteiger partial charge >= 0.3 is 0 Å². The molecule has 0 saturated carbocycles. The summed E-state index contributed by atoms with van der Waals surface area (Å²) in [6.07, 6.45) is 4.51. The van der Waals surface area contributed by atoms with E-state index in [1.807, 2.05) is 12.1 Å². The van der Waals surface area contributed by atoms with Crippen molar-refractivity contribution in [3.8, 4) is 5.75 Å². The van der Waals surface area contributed by atoms with Crippen LogP contribution in [0.1, 0.15) is 44.7 Å². The van der Waals surface area contributed by atoms with Crippen LogP contribution in [0.25, 0.3) is 0 Å². The number of nitrogens with zero attached hydrogens (tertiary/aromatic N) is 1. The van der Waals surface area contributed by atoms with E-state index >= 15 is 0 Å². The van der Waals surface area contributed by atoms with Crippen LogP contribution in [0.15, 0.2) is 18.2 Å². The molecule has 0 saturated heterocycles. The Balaban J connectivity index is 0.00000200. The third kappa shape index (κ3) is 3.76. The molecule has 3 heteroatoms. The SMILES string of the molecule is Br.CCCN(CCC)[C@@H]1Cc2c(O)cccc2C[C@H]1C. The number of rotatable bonds is 5. The summed E-state index contributed by atoms with van der Waals surface area (Å²) >= 11 is 0. The molecule has 1 aliphatic rings. The molecule has 114 valence electrons. The summed E-state index contributed by atoms with van der Waals surface area (Å²) in [6.45, 7) is 9.21. The van der Waals surface area contributed by atoms with Crippen molar-refractivity contribution < 1.29 is 5.11 Å². The van der Waals surface area contributed by atoms with Crippen molar-refractivity contribution >= 4 is 17.0 Å². The third-order valence-corrected chi connectivity index (χ3v) is 4.35. The van der Waals surface area contributed by atoms with E-state index in [4.69, 9.17) is 0 Å². The Morgan fingerprint density at radius 1 is 1.15 bits per heavy atom. The first-order valence-electron chi connectivity index (χ1n) is 7.71. The minimum Gasteiger partial charge on any atom is -0.508 e. The molecule has 1 aromatic rings. The van der Waals surface area contributed by atoms with E-state index in [-0.39, 0.29) is 17.0 Å². The first kappa shape index (κ1) is 17.5. The molecule has 0 unspecified atom stereocenters. The lowest BCUT2D eigenvalue weighted by atomic mass is 9.80.